The van der Waals surface area contributed by atoms with Gasteiger partial charge in [0.25, 0.3) is 5.91 Å². The lowest BCUT2D eigenvalue weighted by molar-refractivity contribution is -0.120. The molecule has 2 aliphatic heterocycles. The number of carbonyl (C=O) groups is 2. The molecule has 26 heavy (non-hydrogen) atoms. The van der Waals surface area contributed by atoms with Crippen LogP contribution in [0, 0.1) is 0 Å². The predicted molar refractivity (Wildman–Crippen MR) is 99.2 cm³/mol. The summed E-state index contributed by atoms with van der Waals surface area (Å²) in [7, 11) is 2.14. The third-order valence-corrected chi connectivity index (χ3v) is 6.33. The van der Waals surface area contributed by atoms with E-state index in [2.05, 4.69) is 22.2 Å². The first-order valence-corrected chi connectivity index (χ1v) is 9.54. The molecule has 2 saturated heterocycles. The molecule has 0 saturated carbocycles. The van der Waals surface area contributed by atoms with Crippen LogP contribution in [0.1, 0.15) is 47.3 Å². The van der Waals surface area contributed by atoms with Crippen molar-refractivity contribution in [2.24, 2.45) is 5.73 Å². The fourth-order valence-electron chi connectivity index (χ4n) is 4.66. The molecule has 1 aromatic rings. The van der Waals surface area contributed by atoms with Crippen molar-refractivity contribution in [2.75, 3.05) is 38.1 Å². The number of piperazine rings is 1. The molecule has 1 atom stereocenters. The van der Waals surface area contributed by atoms with Crippen LogP contribution in [0.4, 0.5) is 5.82 Å². The first kappa shape index (κ1) is 17.3. The molecule has 4 rings (SSSR count). The van der Waals surface area contributed by atoms with Crippen LogP contribution in [0.5, 0.6) is 0 Å². The van der Waals surface area contributed by atoms with Gasteiger partial charge in [0.05, 0.1) is 5.56 Å². The first-order chi connectivity index (χ1) is 12.5. The van der Waals surface area contributed by atoms with E-state index in [4.69, 9.17) is 10.7 Å². The molecule has 3 N–H and O–H groups in total. The SMILES string of the molecule is CN1CCN(c2nc3c(cc2C(N)=O)CCC3)C[C@]12CCNC(=O)CC2. The Balaban J connectivity index is 1.68. The summed E-state index contributed by atoms with van der Waals surface area (Å²) in [4.78, 5) is 33.4. The first-order valence-electron chi connectivity index (χ1n) is 9.54. The van der Waals surface area contributed by atoms with Gasteiger partial charge in [-0.2, -0.15) is 0 Å². The lowest BCUT2D eigenvalue weighted by Gasteiger charge is -2.49. The van der Waals surface area contributed by atoms with E-state index in [1.807, 2.05) is 6.07 Å². The van der Waals surface area contributed by atoms with Crippen molar-refractivity contribution in [1.82, 2.24) is 15.2 Å². The van der Waals surface area contributed by atoms with Crippen molar-refractivity contribution >= 4 is 17.6 Å². The molecular formula is C19H27N5O2. The summed E-state index contributed by atoms with van der Waals surface area (Å²) in [6.07, 6.45) is 5.30. The van der Waals surface area contributed by atoms with Crippen molar-refractivity contribution in [3.05, 3.63) is 22.9 Å². The number of amides is 2. The van der Waals surface area contributed by atoms with Gasteiger partial charge in [0.15, 0.2) is 0 Å². The van der Waals surface area contributed by atoms with Gasteiger partial charge >= 0.3 is 0 Å². The fourth-order valence-corrected chi connectivity index (χ4v) is 4.66. The van der Waals surface area contributed by atoms with Crippen LogP contribution < -0.4 is 16.0 Å². The minimum absolute atomic E-state index is 0.0764. The van der Waals surface area contributed by atoms with Crippen molar-refractivity contribution < 1.29 is 9.59 Å². The van der Waals surface area contributed by atoms with E-state index in [-0.39, 0.29) is 11.4 Å². The second-order valence-corrected chi connectivity index (χ2v) is 7.85. The predicted octanol–water partition coefficient (Wildman–Crippen LogP) is 0.460. The molecule has 0 radical (unpaired) electrons. The highest BCUT2D eigenvalue weighted by Gasteiger charge is 2.42. The average molecular weight is 357 g/mol. The Kier molecular flexibility index (Phi) is 4.34. The van der Waals surface area contributed by atoms with Crippen molar-refractivity contribution in [1.29, 1.82) is 0 Å². The van der Waals surface area contributed by atoms with Gasteiger partial charge in [-0.3, -0.25) is 14.5 Å². The number of likely N-dealkylation sites (N-methyl/N-ethyl adjacent to an activating group) is 1. The van der Waals surface area contributed by atoms with Gasteiger partial charge in [-0.05, 0) is 50.8 Å². The summed E-state index contributed by atoms with van der Waals surface area (Å²) in [5.41, 5.74) is 8.41. The van der Waals surface area contributed by atoms with Crippen LogP contribution in [0.15, 0.2) is 6.07 Å². The summed E-state index contributed by atoms with van der Waals surface area (Å²) in [6, 6.07) is 1.95. The van der Waals surface area contributed by atoms with Crippen molar-refractivity contribution in [3.63, 3.8) is 0 Å². The lowest BCUT2D eigenvalue weighted by atomic mass is 9.86. The van der Waals surface area contributed by atoms with Crippen LogP contribution in [0.3, 0.4) is 0 Å². The number of primary amides is 1. The molecule has 2 amide bonds. The molecule has 1 spiro atoms. The molecule has 3 heterocycles. The Morgan fingerprint density at radius 2 is 2.12 bits per heavy atom. The highest BCUT2D eigenvalue weighted by Crippen LogP contribution is 2.34. The summed E-state index contributed by atoms with van der Waals surface area (Å²) < 4.78 is 0. The van der Waals surface area contributed by atoms with Gasteiger partial charge in [0.2, 0.25) is 5.91 Å². The highest BCUT2D eigenvalue weighted by molar-refractivity contribution is 5.98. The summed E-state index contributed by atoms with van der Waals surface area (Å²) in [6.45, 7) is 3.15. The smallest absolute Gasteiger partial charge is 0.252 e. The summed E-state index contributed by atoms with van der Waals surface area (Å²) >= 11 is 0. The Labute approximate surface area is 153 Å². The quantitative estimate of drug-likeness (QED) is 0.802. The standard InChI is InChI=1S/C19H27N5O2/c1-23-9-10-24(12-19(23)6-5-16(25)21-8-7-19)18-14(17(20)26)11-13-3-2-4-15(13)22-18/h11H,2-10,12H2,1H3,(H2,20,26)(H,21,25)/t19-/m0/s1. The number of aromatic nitrogens is 1. The maximum absolute atomic E-state index is 12.1. The van der Waals surface area contributed by atoms with E-state index in [9.17, 15) is 9.59 Å². The van der Waals surface area contributed by atoms with E-state index >= 15 is 0 Å². The summed E-state index contributed by atoms with van der Waals surface area (Å²) in [5.74, 6) is 0.447. The molecule has 1 aromatic heterocycles. The topological polar surface area (TPSA) is 91.6 Å². The Morgan fingerprint density at radius 3 is 2.92 bits per heavy atom. The van der Waals surface area contributed by atoms with Crippen molar-refractivity contribution in [3.8, 4) is 0 Å². The molecule has 0 unspecified atom stereocenters. The molecule has 7 nitrogen and oxygen atoms in total. The van der Waals surface area contributed by atoms with Gasteiger partial charge < -0.3 is 16.0 Å². The van der Waals surface area contributed by atoms with E-state index in [1.54, 1.807) is 0 Å². The molecule has 1 aliphatic carbocycles. The van der Waals surface area contributed by atoms with Gasteiger partial charge in [-0.25, -0.2) is 4.98 Å². The number of nitrogens with two attached hydrogens (primary N) is 1. The van der Waals surface area contributed by atoms with Crippen LogP contribution in [-0.2, 0) is 17.6 Å². The Bertz CT molecular complexity index is 750. The Hall–Kier alpha value is -2.15. The number of hydrogen-bond donors (Lipinski definition) is 2. The van der Waals surface area contributed by atoms with Crippen LogP contribution in [0.25, 0.3) is 0 Å². The van der Waals surface area contributed by atoms with Crippen LogP contribution >= 0.6 is 0 Å². The van der Waals surface area contributed by atoms with Gasteiger partial charge in [-0.15, -0.1) is 0 Å². The molecule has 2 fully saturated rings. The van der Waals surface area contributed by atoms with E-state index in [0.717, 1.165) is 68.8 Å². The van der Waals surface area contributed by atoms with Gasteiger partial charge in [-0.1, -0.05) is 0 Å². The van der Waals surface area contributed by atoms with Gasteiger partial charge in [0, 0.05) is 43.8 Å². The average Bonchev–Trinajstić information content (AvgIpc) is 3.00. The number of carbonyl (C=O) groups excluding carboxylic acids is 2. The molecular weight excluding hydrogens is 330 g/mol. The normalized spacial score (nSPS) is 26.5. The number of rotatable bonds is 2. The Morgan fingerprint density at radius 1 is 1.27 bits per heavy atom. The number of hydrogen-bond acceptors (Lipinski definition) is 5. The third kappa shape index (κ3) is 2.94. The number of fused-ring (bicyclic) bond motifs is 1. The maximum Gasteiger partial charge on any atom is 0.252 e. The zero-order valence-electron chi connectivity index (χ0n) is 15.4. The number of anilines is 1. The zero-order chi connectivity index (χ0) is 18.3. The minimum atomic E-state index is -0.409. The molecule has 0 aromatic carbocycles. The summed E-state index contributed by atoms with van der Waals surface area (Å²) in [5, 5.41) is 2.98. The monoisotopic (exact) mass is 357 g/mol. The molecule has 140 valence electrons. The molecule has 0 bridgehead atoms. The van der Waals surface area contributed by atoms with E-state index in [1.165, 1.54) is 0 Å². The zero-order valence-corrected chi connectivity index (χ0v) is 15.4. The fraction of sp³-hybridized carbons (Fsp3) is 0.632. The van der Waals surface area contributed by atoms with Crippen LogP contribution in [-0.4, -0.2) is 60.5 Å². The highest BCUT2D eigenvalue weighted by atomic mass is 16.2. The largest absolute Gasteiger partial charge is 0.365 e. The van der Waals surface area contributed by atoms with Gasteiger partial charge in [0.1, 0.15) is 5.82 Å². The maximum atomic E-state index is 12.1. The van der Waals surface area contributed by atoms with E-state index in [0.29, 0.717) is 18.5 Å². The second kappa shape index (κ2) is 6.54. The number of nitrogens with zero attached hydrogens (tertiary/aromatic N) is 3. The van der Waals surface area contributed by atoms with Crippen molar-refractivity contribution in [2.45, 2.75) is 44.1 Å². The minimum Gasteiger partial charge on any atom is -0.365 e. The number of nitrogens with one attached hydrogen (secondary N) is 1. The number of aryl methyl sites for hydroxylation is 2. The lowest BCUT2D eigenvalue weighted by Crippen LogP contribution is -2.61. The molecule has 7 heteroatoms. The number of pyridine rings is 1. The molecule has 3 aliphatic rings. The third-order valence-electron chi connectivity index (χ3n) is 6.33. The van der Waals surface area contributed by atoms with Crippen LogP contribution in [0.2, 0.25) is 0 Å². The van der Waals surface area contributed by atoms with E-state index < -0.39 is 5.91 Å². The second-order valence-electron chi connectivity index (χ2n) is 7.85.